The van der Waals surface area contributed by atoms with Gasteiger partial charge in [-0.1, -0.05) is 12.1 Å². The summed E-state index contributed by atoms with van der Waals surface area (Å²) in [5.41, 5.74) is 0.198. The van der Waals surface area contributed by atoms with Crippen LogP contribution >= 0.6 is 0 Å². The monoisotopic (exact) mass is 417 g/mol. The molecule has 4 saturated carbocycles. The summed E-state index contributed by atoms with van der Waals surface area (Å²) < 4.78 is 17.1. The summed E-state index contributed by atoms with van der Waals surface area (Å²) in [6, 6.07) is 0. The largest absolute Gasteiger partial charge is 0.390 e. The summed E-state index contributed by atoms with van der Waals surface area (Å²) in [6.45, 7) is 6.42. The molecule has 4 aliphatic rings. The average Bonchev–Trinajstić information content (AvgIpc) is 3.24. The second-order valence-corrected chi connectivity index (χ2v) is 11.4. The van der Waals surface area contributed by atoms with Crippen molar-refractivity contribution in [3.05, 3.63) is 11.9 Å². The van der Waals surface area contributed by atoms with Crippen molar-refractivity contribution in [3.63, 3.8) is 0 Å². The fourth-order valence-corrected chi connectivity index (χ4v) is 8.25. The number of ketones is 1. The number of carbonyl (C=O) groups is 1. The summed E-state index contributed by atoms with van der Waals surface area (Å²) in [5, 5.41) is 18.5. The minimum absolute atomic E-state index is 0.0144. The summed E-state index contributed by atoms with van der Waals surface area (Å²) in [7, 11) is 0. The molecule has 5 rings (SSSR count). The van der Waals surface area contributed by atoms with Crippen LogP contribution in [0.5, 0.6) is 0 Å². The van der Waals surface area contributed by atoms with Gasteiger partial charge in [-0.2, -0.15) is 0 Å². The fourth-order valence-electron chi connectivity index (χ4n) is 8.25. The van der Waals surface area contributed by atoms with Crippen LogP contribution in [-0.2, 0) is 11.3 Å². The molecule has 166 valence electrons. The number of aliphatic hydroxyl groups is 1. The molecule has 0 radical (unpaired) electrons. The van der Waals surface area contributed by atoms with E-state index < -0.39 is 11.8 Å². The van der Waals surface area contributed by atoms with E-state index in [1.165, 1.54) is 0 Å². The predicted molar refractivity (Wildman–Crippen MR) is 111 cm³/mol. The molecule has 30 heavy (non-hydrogen) atoms. The van der Waals surface area contributed by atoms with E-state index in [4.69, 9.17) is 0 Å². The quantitative estimate of drug-likeness (QED) is 0.803. The molecule has 0 saturated heterocycles. The Morgan fingerprint density at radius 3 is 2.63 bits per heavy atom. The zero-order chi connectivity index (χ0) is 21.3. The van der Waals surface area contributed by atoms with Gasteiger partial charge in [0.2, 0.25) is 0 Å². The molecule has 6 heteroatoms. The third kappa shape index (κ3) is 3.16. The number of hydrogen-bond acceptors (Lipinski definition) is 4. The number of nitrogens with zero attached hydrogens (tertiary/aromatic N) is 3. The number of carbonyl (C=O) groups excluding carboxylic acids is 1. The lowest BCUT2D eigenvalue weighted by Crippen LogP contribution is -2.54. The molecule has 1 aromatic heterocycles. The highest BCUT2D eigenvalue weighted by atomic mass is 19.1. The van der Waals surface area contributed by atoms with Crippen molar-refractivity contribution in [2.75, 3.05) is 0 Å². The number of alkyl halides is 1. The molecule has 1 N–H and O–H groups in total. The van der Waals surface area contributed by atoms with Crippen molar-refractivity contribution < 1.29 is 14.3 Å². The van der Waals surface area contributed by atoms with E-state index in [-0.39, 0.29) is 23.0 Å². The molecule has 5 nitrogen and oxygen atoms in total. The number of rotatable bonds is 3. The first-order valence-electron chi connectivity index (χ1n) is 11.9. The van der Waals surface area contributed by atoms with E-state index in [2.05, 4.69) is 17.2 Å². The van der Waals surface area contributed by atoms with E-state index >= 15 is 4.39 Å². The van der Waals surface area contributed by atoms with Crippen molar-refractivity contribution in [3.8, 4) is 0 Å². The average molecular weight is 418 g/mol. The van der Waals surface area contributed by atoms with Gasteiger partial charge in [0.25, 0.3) is 0 Å². The van der Waals surface area contributed by atoms with Crippen molar-refractivity contribution in [2.24, 2.45) is 40.9 Å². The van der Waals surface area contributed by atoms with Crippen LogP contribution in [-0.4, -0.2) is 37.7 Å². The standard InChI is InChI=1S/C24H36FN3O2/c1-14-12-26-27-28(14)13-22(29)20-5-4-19-17-10-21(25)18-11-23(2,30)8-6-16(18)15(17)7-9-24(19,20)3/h12,15-21,30H,4-11,13H2,1-3H3/t15-,16-,17?,18+,19+,20-,21-,23-,24+/m1/s1. The number of aromatic nitrogens is 3. The van der Waals surface area contributed by atoms with Crippen molar-refractivity contribution in [1.29, 1.82) is 0 Å². The lowest BCUT2D eigenvalue weighted by atomic mass is 9.48. The number of aryl methyl sites for hydroxylation is 1. The third-order valence-electron chi connectivity index (χ3n) is 9.75. The molecule has 0 aromatic carbocycles. The molecule has 0 amide bonds. The van der Waals surface area contributed by atoms with Gasteiger partial charge >= 0.3 is 0 Å². The molecule has 1 unspecified atom stereocenters. The van der Waals surface area contributed by atoms with Gasteiger partial charge in [-0.05, 0) is 100 Å². The highest BCUT2D eigenvalue weighted by molar-refractivity contribution is 5.82. The Balaban J connectivity index is 1.35. The highest BCUT2D eigenvalue weighted by Gasteiger charge is 2.60. The Kier molecular flexibility index (Phi) is 4.88. The second-order valence-electron chi connectivity index (χ2n) is 11.4. The lowest BCUT2D eigenvalue weighted by molar-refractivity contribution is -0.139. The second kappa shape index (κ2) is 7.11. The molecule has 1 heterocycles. The number of halogens is 1. The first-order chi connectivity index (χ1) is 14.2. The van der Waals surface area contributed by atoms with Gasteiger partial charge in [0.05, 0.1) is 17.5 Å². The SMILES string of the molecule is Cc1cnnn1CC(=O)[C@H]1CC[C@H]2C3C[C@@H](F)[C@H]4C[C@](C)(O)CC[C@@H]4[C@H]3CC[C@]12C. The Bertz CT molecular complexity index is 823. The molecule has 4 aliphatic carbocycles. The maximum Gasteiger partial charge on any atom is 0.157 e. The first kappa shape index (κ1) is 20.6. The van der Waals surface area contributed by atoms with Crippen LogP contribution in [0.4, 0.5) is 4.39 Å². The summed E-state index contributed by atoms with van der Waals surface area (Å²) in [4.78, 5) is 13.3. The van der Waals surface area contributed by atoms with Crippen LogP contribution in [0.2, 0.25) is 0 Å². The van der Waals surface area contributed by atoms with Crippen molar-refractivity contribution in [2.45, 2.75) is 90.5 Å². The van der Waals surface area contributed by atoms with Crippen LogP contribution in [0.1, 0.15) is 70.9 Å². The molecule has 4 fully saturated rings. The number of fused-ring (bicyclic) bond motifs is 5. The smallest absolute Gasteiger partial charge is 0.157 e. The topological polar surface area (TPSA) is 68.0 Å². The highest BCUT2D eigenvalue weighted by Crippen LogP contribution is 2.65. The van der Waals surface area contributed by atoms with Crippen LogP contribution in [0.15, 0.2) is 6.20 Å². The van der Waals surface area contributed by atoms with Crippen LogP contribution in [0, 0.1) is 47.8 Å². The summed E-state index contributed by atoms with van der Waals surface area (Å²) in [6.07, 6.45) is 8.04. The van der Waals surface area contributed by atoms with Crippen molar-refractivity contribution in [1.82, 2.24) is 15.0 Å². The van der Waals surface area contributed by atoms with E-state index in [0.29, 0.717) is 43.1 Å². The van der Waals surface area contributed by atoms with Gasteiger partial charge in [0.1, 0.15) is 12.7 Å². The number of Topliss-reactive ketones (excluding diaryl/α,β-unsaturated/α-hetero) is 1. The molecule has 0 bridgehead atoms. The van der Waals surface area contributed by atoms with Gasteiger partial charge in [-0.25, -0.2) is 9.07 Å². The zero-order valence-electron chi connectivity index (χ0n) is 18.6. The third-order valence-corrected chi connectivity index (χ3v) is 9.75. The van der Waals surface area contributed by atoms with E-state index in [1.54, 1.807) is 10.9 Å². The zero-order valence-corrected chi connectivity index (χ0v) is 18.6. The minimum atomic E-state index is -0.807. The van der Waals surface area contributed by atoms with E-state index in [1.807, 2.05) is 13.8 Å². The van der Waals surface area contributed by atoms with Gasteiger partial charge in [-0.3, -0.25) is 4.79 Å². The number of hydrogen-bond donors (Lipinski definition) is 1. The maximum atomic E-state index is 15.4. The normalized spacial score (nSPS) is 48.0. The van der Waals surface area contributed by atoms with Crippen LogP contribution in [0.25, 0.3) is 0 Å². The lowest BCUT2D eigenvalue weighted by Gasteiger charge is -2.57. The van der Waals surface area contributed by atoms with Gasteiger partial charge < -0.3 is 5.11 Å². The molecule has 1 aromatic rings. The van der Waals surface area contributed by atoms with E-state index in [9.17, 15) is 9.90 Å². The molecular weight excluding hydrogens is 381 g/mol. The summed E-state index contributed by atoms with van der Waals surface area (Å²) in [5.74, 6) is 2.17. The first-order valence-corrected chi connectivity index (χ1v) is 11.9. The Morgan fingerprint density at radius 1 is 1.17 bits per heavy atom. The molecule has 0 aliphatic heterocycles. The molecular formula is C24H36FN3O2. The minimum Gasteiger partial charge on any atom is -0.390 e. The van der Waals surface area contributed by atoms with E-state index in [0.717, 1.165) is 44.2 Å². The Labute approximate surface area is 178 Å². The van der Waals surface area contributed by atoms with Crippen LogP contribution < -0.4 is 0 Å². The molecule has 0 spiro atoms. The maximum absolute atomic E-state index is 15.4. The Hall–Kier alpha value is -1.30. The Morgan fingerprint density at radius 2 is 1.90 bits per heavy atom. The summed E-state index contributed by atoms with van der Waals surface area (Å²) >= 11 is 0. The molecule has 9 atom stereocenters. The van der Waals surface area contributed by atoms with Gasteiger partial charge in [0.15, 0.2) is 5.78 Å². The van der Waals surface area contributed by atoms with Gasteiger partial charge in [0, 0.05) is 5.92 Å². The fraction of sp³-hybridized carbons (Fsp3) is 0.875. The van der Waals surface area contributed by atoms with Crippen LogP contribution in [0.3, 0.4) is 0 Å². The predicted octanol–water partition coefficient (Wildman–Crippen LogP) is 4.12. The van der Waals surface area contributed by atoms with Crippen molar-refractivity contribution >= 4 is 5.78 Å². The van der Waals surface area contributed by atoms with Gasteiger partial charge in [-0.15, -0.1) is 5.10 Å².